The lowest BCUT2D eigenvalue weighted by atomic mass is 10.0. The molecule has 86 valence electrons. The normalized spacial score (nSPS) is 12.9. The fourth-order valence-electron chi connectivity index (χ4n) is 1.77. The minimum Gasteiger partial charge on any atom is -0.467 e. The highest BCUT2D eigenvalue weighted by molar-refractivity contribution is 7.08. The van der Waals surface area contributed by atoms with Crippen LogP contribution in [0.1, 0.15) is 36.3 Å². The van der Waals surface area contributed by atoms with E-state index in [2.05, 4.69) is 29.9 Å². The van der Waals surface area contributed by atoms with Crippen molar-refractivity contribution < 1.29 is 4.42 Å². The molecule has 0 spiro atoms. The van der Waals surface area contributed by atoms with E-state index in [4.69, 9.17) is 4.42 Å². The molecule has 0 saturated carbocycles. The van der Waals surface area contributed by atoms with Crippen LogP contribution in [0.5, 0.6) is 0 Å². The van der Waals surface area contributed by atoms with Crippen LogP contribution in [0.25, 0.3) is 0 Å². The molecule has 0 fully saturated rings. The summed E-state index contributed by atoms with van der Waals surface area (Å²) in [5, 5.41) is 7.91. The Labute approximate surface area is 100 Å². The van der Waals surface area contributed by atoms with Crippen molar-refractivity contribution in [3.8, 4) is 0 Å². The SMILES string of the molecule is CCCNC(c1ccco1)c1cscc1C. The molecule has 2 aromatic rings. The smallest absolute Gasteiger partial charge is 0.125 e. The Balaban J connectivity index is 2.25. The first-order valence-corrected chi connectivity index (χ1v) is 6.56. The highest BCUT2D eigenvalue weighted by Gasteiger charge is 2.18. The molecule has 0 aromatic carbocycles. The minimum absolute atomic E-state index is 0.196. The average molecular weight is 235 g/mol. The van der Waals surface area contributed by atoms with Gasteiger partial charge in [-0.25, -0.2) is 0 Å². The summed E-state index contributed by atoms with van der Waals surface area (Å²) in [6.07, 6.45) is 2.86. The Kier molecular flexibility index (Phi) is 3.80. The molecule has 1 N–H and O–H groups in total. The molecule has 0 aliphatic rings. The van der Waals surface area contributed by atoms with E-state index in [1.165, 1.54) is 11.1 Å². The van der Waals surface area contributed by atoms with Gasteiger partial charge in [-0.15, -0.1) is 0 Å². The summed E-state index contributed by atoms with van der Waals surface area (Å²) in [5.41, 5.74) is 2.66. The minimum atomic E-state index is 0.196. The van der Waals surface area contributed by atoms with Gasteiger partial charge in [0, 0.05) is 0 Å². The lowest BCUT2D eigenvalue weighted by molar-refractivity contribution is 0.446. The molecule has 1 atom stereocenters. The molecule has 2 heterocycles. The van der Waals surface area contributed by atoms with Crippen molar-refractivity contribution in [2.45, 2.75) is 26.3 Å². The first kappa shape index (κ1) is 11.4. The Morgan fingerprint density at radius 1 is 1.44 bits per heavy atom. The van der Waals surface area contributed by atoms with Gasteiger partial charge >= 0.3 is 0 Å². The lowest BCUT2D eigenvalue weighted by Crippen LogP contribution is -2.22. The topological polar surface area (TPSA) is 25.2 Å². The number of hydrogen-bond acceptors (Lipinski definition) is 3. The van der Waals surface area contributed by atoms with Gasteiger partial charge in [0.2, 0.25) is 0 Å². The van der Waals surface area contributed by atoms with Crippen LogP contribution in [0.4, 0.5) is 0 Å². The maximum absolute atomic E-state index is 5.51. The van der Waals surface area contributed by atoms with E-state index in [0.29, 0.717) is 0 Å². The second-order valence-electron chi connectivity index (χ2n) is 3.91. The van der Waals surface area contributed by atoms with Crippen molar-refractivity contribution in [1.82, 2.24) is 5.32 Å². The molecular formula is C13H17NOS. The zero-order valence-corrected chi connectivity index (χ0v) is 10.5. The molecule has 1 unspecified atom stereocenters. The van der Waals surface area contributed by atoms with Gasteiger partial charge in [-0.3, -0.25) is 0 Å². The molecular weight excluding hydrogens is 218 g/mol. The highest BCUT2D eigenvalue weighted by Crippen LogP contribution is 2.27. The number of aryl methyl sites for hydroxylation is 1. The molecule has 0 aliphatic heterocycles. The summed E-state index contributed by atoms with van der Waals surface area (Å²) in [5.74, 6) is 0.995. The van der Waals surface area contributed by atoms with E-state index in [0.717, 1.165) is 18.7 Å². The zero-order chi connectivity index (χ0) is 11.4. The molecule has 0 aliphatic carbocycles. The Bertz CT molecular complexity index is 419. The van der Waals surface area contributed by atoms with Gasteiger partial charge in [0.15, 0.2) is 0 Å². The van der Waals surface area contributed by atoms with Crippen molar-refractivity contribution in [2.24, 2.45) is 0 Å². The van der Waals surface area contributed by atoms with Crippen molar-refractivity contribution in [3.05, 3.63) is 46.0 Å². The third-order valence-electron chi connectivity index (χ3n) is 2.63. The molecule has 0 amide bonds. The van der Waals surface area contributed by atoms with Crippen LogP contribution in [-0.2, 0) is 0 Å². The summed E-state index contributed by atoms with van der Waals surface area (Å²) < 4.78 is 5.51. The van der Waals surface area contributed by atoms with Gasteiger partial charge in [-0.1, -0.05) is 6.92 Å². The summed E-state index contributed by atoms with van der Waals surface area (Å²) in [6.45, 7) is 5.32. The molecule has 3 heteroatoms. The summed E-state index contributed by atoms with van der Waals surface area (Å²) in [7, 11) is 0. The second kappa shape index (κ2) is 5.32. The van der Waals surface area contributed by atoms with E-state index in [1.54, 1.807) is 17.6 Å². The molecule has 2 aromatic heterocycles. The zero-order valence-electron chi connectivity index (χ0n) is 9.69. The highest BCUT2D eigenvalue weighted by atomic mass is 32.1. The number of nitrogens with one attached hydrogen (secondary N) is 1. The first-order valence-electron chi connectivity index (χ1n) is 5.62. The number of rotatable bonds is 5. The Hall–Kier alpha value is -1.06. The van der Waals surface area contributed by atoms with Gasteiger partial charge in [0.25, 0.3) is 0 Å². The molecule has 0 bridgehead atoms. The van der Waals surface area contributed by atoms with E-state index in [9.17, 15) is 0 Å². The van der Waals surface area contributed by atoms with Crippen LogP contribution >= 0.6 is 11.3 Å². The van der Waals surface area contributed by atoms with Crippen LogP contribution in [-0.4, -0.2) is 6.54 Å². The van der Waals surface area contributed by atoms with Gasteiger partial charge < -0.3 is 9.73 Å². The number of hydrogen-bond donors (Lipinski definition) is 1. The van der Waals surface area contributed by atoms with Crippen LogP contribution in [0.2, 0.25) is 0 Å². The fourth-order valence-corrected chi connectivity index (χ4v) is 2.65. The predicted molar refractivity (Wildman–Crippen MR) is 67.9 cm³/mol. The number of furan rings is 1. The average Bonchev–Trinajstić information content (AvgIpc) is 2.91. The van der Waals surface area contributed by atoms with Crippen LogP contribution in [0.15, 0.2) is 33.6 Å². The number of thiophene rings is 1. The van der Waals surface area contributed by atoms with Gasteiger partial charge in [0.1, 0.15) is 5.76 Å². The van der Waals surface area contributed by atoms with E-state index < -0.39 is 0 Å². The third kappa shape index (κ3) is 2.36. The largest absolute Gasteiger partial charge is 0.467 e. The first-order chi connectivity index (χ1) is 7.83. The summed E-state index contributed by atoms with van der Waals surface area (Å²) in [4.78, 5) is 0. The van der Waals surface area contributed by atoms with E-state index in [1.807, 2.05) is 12.1 Å². The maximum Gasteiger partial charge on any atom is 0.125 e. The monoisotopic (exact) mass is 235 g/mol. The third-order valence-corrected chi connectivity index (χ3v) is 3.51. The van der Waals surface area contributed by atoms with E-state index >= 15 is 0 Å². The van der Waals surface area contributed by atoms with Crippen molar-refractivity contribution in [2.75, 3.05) is 6.54 Å². The van der Waals surface area contributed by atoms with E-state index in [-0.39, 0.29) is 6.04 Å². The molecule has 0 saturated heterocycles. The molecule has 0 radical (unpaired) electrons. The van der Waals surface area contributed by atoms with Crippen LogP contribution < -0.4 is 5.32 Å². The summed E-state index contributed by atoms with van der Waals surface area (Å²) >= 11 is 1.74. The van der Waals surface area contributed by atoms with Crippen LogP contribution in [0.3, 0.4) is 0 Å². The maximum atomic E-state index is 5.51. The Morgan fingerprint density at radius 3 is 2.88 bits per heavy atom. The molecule has 16 heavy (non-hydrogen) atoms. The standard InChI is InChI=1S/C13H17NOS/c1-3-6-14-13(12-5-4-7-15-12)11-9-16-8-10(11)2/h4-5,7-9,13-14H,3,6H2,1-2H3. The van der Waals surface area contributed by atoms with Gasteiger partial charge in [-0.05, 0) is 53.9 Å². The fraction of sp³-hybridized carbons (Fsp3) is 0.385. The Morgan fingerprint density at radius 2 is 2.31 bits per heavy atom. The van der Waals surface area contributed by atoms with Gasteiger partial charge in [0.05, 0.1) is 12.3 Å². The lowest BCUT2D eigenvalue weighted by Gasteiger charge is -2.16. The molecule has 2 rings (SSSR count). The molecule has 2 nitrogen and oxygen atoms in total. The quantitative estimate of drug-likeness (QED) is 0.854. The summed E-state index contributed by atoms with van der Waals surface area (Å²) in [6, 6.07) is 4.17. The second-order valence-corrected chi connectivity index (χ2v) is 4.66. The van der Waals surface area contributed by atoms with Crippen molar-refractivity contribution >= 4 is 11.3 Å². The van der Waals surface area contributed by atoms with Crippen molar-refractivity contribution in [3.63, 3.8) is 0 Å². The van der Waals surface area contributed by atoms with Gasteiger partial charge in [-0.2, -0.15) is 11.3 Å². The predicted octanol–water partition coefficient (Wildman–Crippen LogP) is 3.74. The van der Waals surface area contributed by atoms with Crippen LogP contribution in [0, 0.1) is 6.92 Å². The van der Waals surface area contributed by atoms with Crippen molar-refractivity contribution in [1.29, 1.82) is 0 Å².